The molecule has 30 heavy (non-hydrogen) atoms. The van der Waals surface area contributed by atoms with Crippen LogP contribution < -0.4 is 15.2 Å². The summed E-state index contributed by atoms with van der Waals surface area (Å²) in [5.74, 6) is 1.42. The monoisotopic (exact) mass is 432 g/mol. The molecule has 2 aromatic rings. The quantitative estimate of drug-likeness (QED) is 0.802. The van der Waals surface area contributed by atoms with E-state index in [0.717, 1.165) is 36.1 Å². The lowest BCUT2D eigenvalue weighted by Gasteiger charge is -2.45. The minimum Gasteiger partial charge on any atom is -0.493 e. The second kappa shape index (κ2) is 9.25. The van der Waals surface area contributed by atoms with Crippen molar-refractivity contribution in [3.8, 4) is 11.5 Å². The Kier molecular flexibility index (Phi) is 6.91. The Labute approximate surface area is 183 Å². The zero-order valence-electron chi connectivity index (χ0n) is 17.4. The maximum Gasteiger partial charge on any atom is 0.244 e. The molecule has 0 aliphatic carbocycles. The largest absolute Gasteiger partial charge is 0.493 e. The number of carbonyl (C=O) groups excluding carboxylic acids is 1. The average Bonchev–Trinajstić information content (AvgIpc) is 2.78. The van der Waals surface area contributed by atoms with Gasteiger partial charge in [0, 0.05) is 13.1 Å². The van der Waals surface area contributed by atoms with Crippen LogP contribution in [0, 0.1) is 0 Å². The Morgan fingerprint density at radius 3 is 2.37 bits per heavy atom. The first-order valence-corrected chi connectivity index (χ1v) is 10.1. The van der Waals surface area contributed by atoms with E-state index in [0.29, 0.717) is 25.4 Å². The summed E-state index contributed by atoms with van der Waals surface area (Å²) >= 11 is 0. The van der Waals surface area contributed by atoms with Gasteiger partial charge in [-0.25, -0.2) is 0 Å². The molecule has 0 radical (unpaired) electrons. The number of hydrogen-bond donors (Lipinski definition) is 1. The fourth-order valence-corrected chi connectivity index (χ4v) is 4.49. The molecule has 4 rings (SSSR count). The number of fused-ring (bicyclic) bond motifs is 2. The molecule has 0 aromatic heterocycles. The normalized spacial score (nSPS) is 18.2. The number of nitrogens with two attached hydrogens (primary N) is 1. The van der Waals surface area contributed by atoms with E-state index in [2.05, 4.69) is 6.07 Å². The average molecular weight is 433 g/mol. The number of ether oxygens (including phenoxy) is 3. The van der Waals surface area contributed by atoms with Crippen LogP contribution in [0.15, 0.2) is 42.5 Å². The molecule has 1 saturated heterocycles. The summed E-state index contributed by atoms with van der Waals surface area (Å²) in [5.41, 5.74) is 9.07. The van der Waals surface area contributed by atoms with Crippen LogP contribution in [-0.2, 0) is 21.6 Å². The Morgan fingerprint density at radius 1 is 1.10 bits per heavy atom. The second-order valence-corrected chi connectivity index (χ2v) is 7.67. The van der Waals surface area contributed by atoms with Gasteiger partial charge in [0.05, 0.1) is 26.4 Å². The second-order valence-electron chi connectivity index (χ2n) is 7.67. The van der Waals surface area contributed by atoms with Gasteiger partial charge in [-0.3, -0.25) is 4.79 Å². The maximum atomic E-state index is 12.9. The fourth-order valence-electron chi connectivity index (χ4n) is 4.49. The van der Waals surface area contributed by atoms with Gasteiger partial charge in [0.2, 0.25) is 5.91 Å². The van der Waals surface area contributed by atoms with E-state index in [1.54, 1.807) is 14.2 Å². The minimum atomic E-state index is -0.630. The van der Waals surface area contributed by atoms with Crippen molar-refractivity contribution in [1.29, 1.82) is 0 Å². The minimum absolute atomic E-state index is 0. The van der Waals surface area contributed by atoms with Crippen molar-refractivity contribution >= 4 is 18.3 Å². The predicted molar refractivity (Wildman–Crippen MR) is 117 cm³/mol. The number of rotatable bonds is 4. The number of halogens is 1. The Hall–Kier alpha value is -2.28. The third kappa shape index (κ3) is 4.00. The smallest absolute Gasteiger partial charge is 0.244 e. The maximum absolute atomic E-state index is 12.9. The van der Waals surface area contributed by atoms with Gasteiger partial charge >= 0.3 is 0 Å². The van der Waals surface area contributed by atoms with Crippen molar-refractivity contribution in [2.24, 2.45) is 5.73 Å². The van der Waals surface area contributed by atoms with Crippen LogP contribution in [0.4, 0.5) is 0 Å². The molecule has 2 aliphatic heterocycles. The summed E-state index contributed by atoms with van der Waals surface area (Å²) < 4.78 is 17.3. The van der Waals surface area contributed by atoms with Gasteiger partial charge in [-0.2, -0.15) is 0 Å². The summed E-state index contributed by atoms with van der Waals surface area (Å²) in [5, 5.41) is 0. The molecule has 0 saturated carbocycles. The van der Waals surface area contributed by atoms with Crippen molar-refractivity contribution in [2.75, 3.05) is 33.9 Å². The first-order valence-electron chi connectivity index (χ1n) is 10.1. The van der Waals surface area contributed by atoms with Gasteiger partial charge < -0.3 is 24.8 Å². The molecule has 2 N–H and O–H groups in total. The van der Waals surface area contributed by atoms with Gasteiger partial charge in [-0.1, -0.05) is 30.3 Å². The number of amides is 1. The number of nitrogens with zero attached hydrogens (tertiary/aromatic N) is 1. The molecule has 1 atom stereocenters. The first-order chi connectivity index (χ1) is 14.1. The third-order valence-corrected chi connectivity index (χ3v) is 6.16. The topological polar surface area (TPSA) is 74.0 Å². The van der Waals surface area contributed by atoms with Crippen molar-refractivity contribution in [3.05, 3.63) is 59.2 Å². The highest BCUT2D eigenvalue weighted by Crippen LogP contribution is 2.45. The van der Waals surface area contributed by atoms with E-state index in [1.165, 1.54) is 5.56 Å². The third-order valence-electron chi connectivity index (χ3n) is 6.16. The molecule has 6 nitrogen and oxygen atoms in total. The van der Waals surface area contributed by atoms with Crippen LogP contribution >= 0.6 is 12.4 Å². The summed E-state index contributed by atoms with van der Waals surface area (Å²) in [4.78, 5) is 14.8. The molecule has 162 valence electrons. The number of hydrogen-bond acceptors (Lipinski definition) is 5. The van der Waals surface area contributed by atoms with Crippen LogP contribution in [0.1, 0.15) is 35.6 Å². The number of carbonyl (C=O) groups is 1. The standard InChI is InChI=1S/C23H28N2O4.ClH/c1-27-19-14-17-8-13-29-23(18(17)15-20(19)28-2)9-11-25(12-10-23)22(26)21(24)16-6-4-3-5-7-16;/h3-7,14-15,21H,8-13,24H2,1-2H3;1H/t21-;/m1./s1. The molecule has 1 fully saturated rings. The predicted octanol–water partition coefficient (Wildman–Crippen LogP) is 3.22. The van der Waals surface area contributed by atoms with Crippen LogP contribution in [0.5, 0.6) is 11.5 Å². The van der Waals surface area contributed by atoms with Crippen LogP contribution in [-0.4, -0.2) is 44.7 Å². The van der Waals surface area contributed by atoms with E-state index in [4.69, 9.17) is 19.9 Å². The molecule has 2 aromatic carbocycles. The highest BCUT2D eigenvalue weighted by atomic mass is 35.5. The molecule has 2 aliphatic rings. The molecule has 1 amide bonds. The highest BCUT2D eigenvalue weighted by Gasteiger charge is 2.43. The lowest BCUT2D eigenvalue weighted by atomic mass is 9.79. The van der Waals surface area contributed by atoms with Gasteiger partial charge in [-0.15, -0.1) is 12.4 Å². The molecule has 0 unspecified atom stereocenters. The molecule has 1 spiro atoms. The zero-order chi connectivity index (χ0) is 20.4. The van der Waals surface area contributed by atoms with Gasteiger partial charge in [-0.05, 0) is 48.1 Å². The van der Waals surface area contributed by atoms with Gasteiger partial charge in [0.25, 0.3) is 0 Å². The molecular formula is C23H29ClN2O4. The van der Waals surface area contributed by atoms with E-state index >= 15 is 0 Å². The van der Waals surface area contributed by atoms with Crippen molar-refractivity contribution in [2.45, 2.75) is 30.9 Å². The molecule has 2 heterocycles. The Balaban J connectivity index is 0.00000256. The summed E-state index contributed by atoms with van der Waals surface area (Å²) in [6.45, 7) is 1.90. The van der Waals surface area contributed by atoms with Crippen LogP contribution in [0.2, 0.25) is 0 Å². The highest BCUT2D eigenvalue weighted by molar-refractivity contribution is 5.85. The van der Waals surface area contributed by atoms with E-state index in [1.807, 2.05) is 41.3 Å². The first kappa shape index (κ1) is 22.4. The summed E-state index contributed by atoms with van der Waals surface area (Å²) in [6, 6.07) is 13.0. The fraction of sp³-hybridized carbons (Fsp3) is 0.435. The molecular weight excluding hydrogens is 404 g/mol. The van der Waals surface area contributed by atoms with Gasteiger partial charge in [0.1, 0.15) is 6.04 Å². The van der Waals surface area contributed by atoms with E-state index in [-0.39, 0.29) is 23.9 Å². The number of benzene rings is 2. The Bertz CT molecular complexity index is 882. The summed E-state index contributed by atoms with van der Waals surface area (Å²) in [6.07, 6.45) is 2.32. The van der Waals surface area contributed by atoms with Crippen molar-refractivity contribution in [3.63, 3.8) is 0 Å². The van der Waals surface area contributed by atoms with Crippen LogP contribution in [0.3, 0.4) is 0 Å². The lowest BCUT2D eigenvalue weighted by Crippen LogP contribution is -2.50. The van der Waals surface area contributed by atoms with E-state index in [9.17, 15) is 4.79 Å². The summed E-state index contributed by atoms with van der Waals surface area (Å²) in [7, 11) is 3.30. The van der Waals surface area contributed by atoms with E-state index < -0.39 is 6.04 Å². The van der Waals surface area contributed by atoms with Crippen LogP contribution in [0.25, 0.3) is 0 Å². The molecule has 0 bridgehead atoms. The van der Waals surface area contributed by atoms with Crippen molar-refractivity contribution in [1.82, 2.24) is 4.90 Å². The SMILES string of the molecule is COc1cc2c(cc1OC)C1(CCN(C(=O)[C@H](N)c3ccccc3)CC1)OCC2.Cl. The van der Waals surface area contributed by atoms with Gasteiger partial charge in [0.15, 0.2) is 11.5 Å². The molecule has 7 heteroatoms. The number of methoxy groups -OCH3 is 2. The van der Waals surface area contributed by atoms with Crippen molar-refractivity contribution < 1.29 is 19.0 Å². The Morgan fingerprint density at radius 2 is 1.73 bits per heavy atom. The number of piperidine rings is 1. The lowest BCUT2D eigenvalue weighted by molar-refractivity contribution is -0.142. The number of likely N-dealkylation sites (tertiary alicyclic amines) is 1. The zero-order valence-corrected chi connectivity index (χ0v) is 18.2.